The van der Waals surface area contributed by atoms with E-state index in [1.807, 2.05) is 0 Å². The molecule has 2 N–H and O–H groups in total. The van der Waals surface area contributed by atoms with E-state index in [0.29, 0.717) is 17.1 Å². The van der Waals surface area contributed by atoms with Gasteiger partial charge in [0.05, 0.1) is 26.4 Å². The minimum Gasteiger partial charge on any atom is -0.497 e. The van der Waals surface area contributed by atoms with Crippen molar-refractivity contribution in [2.75, 3.05) is 34.0 Å². The maximum absolute atomic E-state index is 12.0. The van der Waals surface area contributed by atoms with E-state index in [9.17, 15) is 9.59 Å². The number of carbonyl (C=O) groups excluding carboxylic acids is 1. The standard InChI is InChI=1S/C13H17NO6/c1-18-9-3-4-11(19-2)10(7-9)13(17)14-5-6-20-8-12(15)16/h3-4,7H,5-6,8H2,1-2H3,(H,14,17)(H,15,16). The largest absolute Gasteiger partial charge is 0.497 e. The molecule has 0 saturated carbocycles. The molecule has 0 unspecified atom stereocenters. The summed E-state index contributed by atoms with van der Waals surface area (Å²) >= 11 is 0. The fraction of sp³-hybridized carbons (Fsp3) is 0.385. The lowest BCUT2D eigenvalue weighted by atomic mass is 10.1. The molecule has 0 radical (unpaired) electrons. The van der Waals surface area contributed by atoms with Gasteiger partial charge < -0.3 is 24.6 Å². The Labute approximate surface area is 116 Å². The molecule has 0 atom stereocenters. The minimum atomic E-state index is -1.05. The van der Waals surface area contributed by atoms with Crippen molar-refractivity contribution < 1.29 is 28.9 Å². The molecule has 1 aromatic rings. The number of amides is 1. The Balaban J connectivity index is 2.55. The lowest BCUT2D eigenvalue weighted by Gasteiger charge is -2.10. The van der Waals surface area contributed by atoms with Crippen molar-refractivity contribution in [1.29, 1.82) is 0 Å². The van der Waals surface area contributed by atoms with Gasteiger partial charge >= 0.3 is 5.97 Å². The Hall–Kier alpha value is -2.28. The van der Waals surface area contributed by atoms with Gasteiger partial charge in [-0.2, -0.15) is 0 Å². The summed E-state index contributed by atoms with van der Waals surface area (Å²) in [4.78, 5) is 22.2. The van der Waals surface area contributed by atoms with Gasteiger partial charge in [-0.1, -0.05) is 0 Å². The second-order valence-corrected chi connectivity index (χ2v) is 3.77. The van der Waals surface area contributed by atoms with Crippen LogP contribution in [0.15, 0.2) is 18.2 Å². The van der Waals surface area contributed by atoms with E-state index < -0.39 is 12.6 Å². The maximum atomic E-state index is 12.0. The van der Waals surface area contributed by atoms with E-state index in [2.05, 4.69) is 5.32 Å². The summed E-state index contributed by atoms with van der Waals surface area (Å²) in [5, 5.41) is 11.0. The number of benzene rings is 1. The predicted octanol–water partition coefficient (Wildman–Crippen LogP) is 0.535. The quantitative estimate of drug-likeness (QED) is 0.676. The Morgan fingerprint density at radius 2 is 2.00 bits per heavy atom. The van der Waals surface area contributed by atoms with Crippen LogP contribution in [-0.4, -0.2) is 51.0 Å². The van der Waals surface area contributed by atoms with E-state index in [4.69, 9.17) is 19.3 Å². The number of carbonyl (C=O) groups is 2. The number of hydrogen-bond donors (Lipinski definition) is 2. The van der Waals surface area contributed by atoms with Gasteiger partial charge in [0.25, 0.3) is 5.91 Å². The average Bonchev–Trinajstić information content (AvgIpc) is 2.45. The number of carboxylic acids is 1. The highest BCUT2D eigenvalue weighted by atomic mass is 16.5. The molecule has 0 spiro atoms. The molecule has 0 aromatic heterocycles. The molecule has 0 fully saturated rings. The van der Waals surface area contributed by atoms with Crippen molar-refractivity contribution in [3.05, 3.63) is 23.8 Å². The maximum Gasteiger partial charge on any atom is 0.329 e. The first-order valence-corrected chi connectivity index (χ1v) is 5.88. The molecule has 0 aliphatic carbocycles. The van der Waals surface area contributed by atoms with Crippen LogP contribution < -0.4 is 14.8 Å². The van der Waals surface area contributed by atoms with Crippen LogP contribution in [0.4, 0.5) is 0 Å². The summed E-state index contributed by atoms with van der Waals surface area (Å²) in [6, 6.07) is 4.88. The smallest absolute Gasteiger partial charge is 0.329 e. The number of carboxylic acid groups (broad SMARTS) is 1. The molecular formula is C13H17NO6. The molecule has 20 heavy (non-hydrogen) atoms. The van der Waals surface area contributed by atoms with E-state index in [1.54, 1.807) is 18.2 Å². The normalized spacial score (nSPS) is 9.90. The molecule has 0 bridgehead atoms. The van der Waals surface area contributed by atoms with Gasteiger partial charge in [-0.3, -0.25) is 4.79 Å². The summed E-state index contributed by atoms with van der Waals surface area (Å²) in [5.74, 6) is -0.432. The number of nitrogens with one attached hydrogen (secondary N) is 1. The zero-order chi connectivity index (χ0) is 15.0. The average molecular weight is 283 g/mol. The lowest BCUT2D eigenvalue weighted by molar-refractivity contribution is -0.142. The van der Waals surface area contributed by atoms with Crippen LogP contribution in [0.3, 0.4) is 0 Å². The van der Waals surface area contributed by atoms with E-state index >= 15 is 0 Å². The first-order chi connectivity index (χ1) is 9.58. The van der Waals surface area contributed by atoms with Crippen LogP contribution in [-0.2, 0) is 9.53 Å². The Bertz CT molecular complexity index is 474. The topological polar surface area (TPSA) is 94.1 Å². The number of methoxy groups -OCH3 is 2. The third kappa shape index (κ3) is 4.77. The molecule has 1 amide bonds. The summed E-state index contributed by atoms with van der Waals surface area (Å²) in [5.41, 5.74) is 0.338. The van der Waals surface area contributed by atoms with Crippen molar-refractivity contribution in [3.8, 4) is 11.5 Å². The number of hydrogen-bond acceptors (Lipinski definition) is 5. The molecule has 0 aliphatic heterocycles. The zero-order valence-corrected chi connectivity index (χ0v) is 11.3. The SMILES string of the molecule is COc1ccc(OC)c(C(=O)NCCOCC(=O)O)c1. The molecule has 0 saturated heterocycles. The van der Waals surface area contributed by atoms with Crippen molar-refractivity contribution in [2.45, 2.75) is 0 Å². The third-order valence-corrected chi connectivity index (χ3v) is 2.41. The monoisotopic (exact) mass is 283 g/mol. The fourth-order valence-electron chi connectivity index (χ4n) is 1.48. The van der Waals surface area contributed by atoms with Gasteiger partial charge in [0.15, 0.2) is 0 Å². The van der Waals surface area contributed by atoms with Crippen LogP contribution in [0.25, 0.3) is 0 Å². The highest BCUT2D eigenvalue weighted by Gasteiger charge is 2.13. The van der Waals surface area contributed by atoms with Crippen molar-refractivity contribution in [2.24, 2.45) is 0 Å². The van der Waals surface area contributed by atoms with Crippen LogP contribution in [0, 0.1) is 0 Å². The summed E-state index contributed by atoms with van der Waals surface area (Å²) < 4.78 is 15.0. The summed E-state index contributed by atoms with van der Waals surface area (Å²) in [7, 11) is 2.97. The highest BCUT2D eigenvalue weighted by Crippen LogP contribution is 2.23. The molecular weight excluding hydrogens is 266 g/mol. The Morgan fingerprint density at radius 3 is 2.60 bits per heavy atom. The van der Waals surface area contributed by atoms with Crippen LogP contribution in [0.5, 0.6) is 11.5 Å². The Kier molecular flexibility index (Phi) is 6.31. The van der Waals surface area contributed by atoms with Crippen molar-refractivity contribution >= 4 is 11.9 Å². The third-order valence-electron chi connectivity index (χ3n) is 2.41. The molecule has 110 valence electrons. The van der Waals surface area contributed by atoms with Gasteiger partial charge in [-0.05, 0) is 18.2 Å². The summed E-state index contributed by atoms with van der Waals surface area (Å²) in [6.07, 6.45) is 0. The summed E-state index contributed by atoms with van der Waals surface area (Å²) in [6.45, 7) is -0.0743. The molecule has 0 heterocycles. The van der Waals surface area contributed by atoms with Crippen LogP contribution in [0.1, 0.15) is 10.4 Å². The van der Waals surface area contributed by atoms with E-state index in [-0.39, 0.29) is 19.1 Å². The molecule has 7 heteroatoms. The van der Waals surface area contributed by atoms with Crippen LogP contribution >= 0.6 is 0 Å². The molecule has 0 aliphatic rings. The second-order valence-electron chi connectivity index (χ2n) is 3.77. The first-order valence-electron chi connectivity index (χ1n) is 5.88. The number of aliphatic carboxylic acids is 1. The van der Waals surface area contributed by atoms with Gasteiger partial charge in [-0.15, -0.1) is 0 Å². The van der Waals surface area contributed by atoms with Gasteiger partial charge in [0.1, 0.15) is 18.1 Å². The molecule has 1 rings (SSSR count). The van der Waals surface area contributed by atoms with Gasteiger partial charge in [0.2, 0.25) is 0 Å². The first kappa shape index (κ1) is 15.8. The van der Waals surface area contributed by atoms with Crippen molar-refractivity contribution in [1.82, 2.24) is 5.32 Å². The van der Waals surface area contributed by atoms with Crippen molar-refractivity contribution in [3.63, 3.8) is 0 Å². The van der Waals surface area contributed by atoms with Crippen LogP contribution in [0.2, 0.25) is 0 Å². The molecule has 1 aromatic carbocycles. The highest BCUT2D eigenvalue weighted by molar-refractivity contribution is 5.97. The van der Waals surface area contributed by atoms with E-state index in [0.717, 1.165) is 0 Å². The number of ether oxygens (including phenoxy) is 3. The fourth-order valence-corrected chi connectivity index (χ4v) is 1.48. The predicted molar refractivity (Wildman–Crippen MR) is 70.3 cm³/mol. The Morgan fingerprint density at radius 1 is 1.25 bits per heavy atom. The lowest BCUT2D eigenvalue weighted by Crippen LogP contribution is -2.28. The zero-order valence-electron chi connectivity index (χ0n) is 11.3. The number of rotatable bonds is 8. The minimum absolute atomic E-state index is 0.115. The molecule has 7 nitrogen and oxygen atoms in total. The van der Waals surface area contributed by atoms with Gasteiger partial charge in [0, 0.05) is 6.54 Å². The second kappa shape index (κ2) is 8.00. The van der Waals surface area contributed by atoms with E-state index in [1.165, 1.54) is 14.2 Å². The van der Waals surface area contributed by atoms with Gasteiger partial charge in [-0.25, -0.2) is 4.79 Å².